The van der Waals surface area contributed by atoms with Crippen LogP contribution < -0.4 is 4.74 Å². The summed E-state index contributed by atoms with van der Waals surface area (Å²) in [5.41, 5.74) is 0.222. The number of nitrogens with zero attached hydrogens (tertiary/aromatic N) is 1. The summed E-state index contributed by atoms with van der Waals surface area (Å²) in [6, 6.07) is 9.98. The summed E-state index contributed by atoms with van der Waals surface area (Å²) in [7, 11) is 0. The predicted octanol–water partition coefficient (Wildman–Crippen LogP) is 2.29. The number of aliphatic hydroxyl groups is 1. The van der Waals surface area contributed by atoms with Crippen LogP contribution >= 0.6 is 0 Å². The Morgan fingerprint density at radius 1 is 1.53 bits per heavy atom. The summed E-state index contributed by atoms with van der Waals surface area (Å²) in [6.07, 6.45) is 1.46. The molecule has 0 saturated carbocycles. The van der Waals surface area contributed by atoms with Gasteiger partial charge < -0.3 is 9.84 Å². The largest absolute Gasteiger partial charge is 0.492 e. The first-order chi connectivity index (χ1) is 8.22. The van der Waals surface area contributed by atoms with Gasteiger partial charge in [-0.25, -0.2) is 0 Å². The van der Waals surface area contributed by atoms with E-state index in [2.05, 4.69) is 6.07 Å². The van der Waals surface area contributed by atoms with Crippen LogP contribution in [0, 0.1) is 16.7 Å². The molecule has 1 aliphatic rings. The molecule has 1 aliphatic heterocycles. The number of para-hydroxylation sites is 1. The zero-order valence-corrected chi connectivity index (χ0v) is 10.0. The fraction of sp³-hybridized carbons (Fsp3) is 0.500. The molecule has 0 bridgehead atoms. The van der Waals surface area contributed by atoms with Crippen LogP contribution in [0.5, 0.6) is 5.75 Å². The van der Waals surface area contributed by atoms with E-state index in [1.165, 1.54) is 0 Å². The second-order valence-corrected chi connectivity index (χ2v) is 4.65. The van der Waals surface area contributed by atoms with Crippen molar-refractivity contribution < 1.29 is 9.84 Å². The summed E-state index contributed by atoms with van der Waals surface area (Å²) >= 11 is 0. The highest BCUT2D eigenvalue weighted by Crippen LogP contribution is 2.37. The second kappa shape index (κ2) is 4.77. The maximum absolute atomic E-state index is 10.1. The lowest BCUT2D eigenvalue weighted by Gasteiger charge is -2.35. The molecule has 1 heterocycles. The predicted molar refractivity (Wildman–Crippen MR) is 64.6 cm³/mol. The summed E-state index contributed by atoms with van der Waals surface area (Å²) in [5.74, 6) is 0.835. The van der Waals surface area contributed by atoms with Crippen molar-refractivity contribution in [1.29, 1.82) is 5.26 Å². The Kier molecular flexibility index (Phi) is 3.35. The van der Waals surface area contributed by atoms with E-state index in [0.29, 0.717) is 12.8 Å². The fourth-order valence-electron chi connectivity index (χ4n) is 2.30. The van der Waals surface area contributed by atoms with Crippen LogP contribution in [0.3, 0.4) is 0 Å². The van der Waals surface area contributed by atoms with E-state index >= 15 is 0 Å². The minimum absolute atomic E-state index is 0.279. The Balaban J connectivity index is 2.27. The van der Waals surface area contributed by atoms with Gasteiger partial charge in [0.05, 0.1) is 12.2 Å². The molecule has 2 unspecified atom stereocenters. The summed E-state index contributed by atoms with van der Waals surface area (Å²) in [5, 5.41) is 19.5. The van der Waals surface area contributed by atoms with E-state index in [-0.39, 0.29) is 6.61 Å². The third-order valence-corrected chi connectivity index (χ3v) is 3.39. The molecule has 2 rings (SSSR count). The highest BCUT2D eigenvalue weighted by Gasteiger charge is 2.42. The first-order valence-corrected chi connectivity index (χ1v) is 6.02. The molecule has 3 nitrogen and oxygen atoms in total. The Bertz CT molecular complexity index is 438. The summed E-state index contributed by atoms with van der Waals surface area (Å²) < 4.78 is 5.62. The molecule has 0 aromatic heterocycles. The van der Waals surface area contributed by atoms with E-state index in [0.717, 1.165) is 17.7 Å². The summed E-state index contributed by atoms with van der Waals surface area (Å²) in [6.45, 7) is 2.29. The zero-order valence-electron chi connectivity index (χ0n) is 10.0. The second-order valence-electron chi connectivity index (χ2n) is 4.65. The van der Waals surface area contributed by atoms with Gasteiger partial charge in [-0.05, 0) is 18.1 Å². The van der Waals surface area contributed by atoms with Gasteiger partial charge in [0, 0.05) is 6.42 Å². The molecule has 1 aromatic rings. The van der Waals surface area contributed by atoms with Gasteiger partial charge in [-0.3, -0.25) is 0 Å². The van der Waals surface area contributed by atoms with Crippen LogP contribution in [-0.2, 0) is 6.42 Å². The molecule has 3 heteroatoms. The van der Waals surface area contributed by atoms with Crippen LogP contribution in [0.25, 0.3) is 0 Å². The van der Waals surface area contributed by atoms with Gasteiger partial charge >= 0.3 is 0 Å². The first kappa shape index (κ1) is 11.9. The van der Waals surface area contributed by atoms with Gasteiger partial charge in [0.15, 0.2) is 0 Å². The fourth-order valence-corrected chi connectivity index (χ4v) is 2.30. The lowest BCUT2D eigenvalue weighted by Crippen LogP contribution is -2.43. The standard InChI is InChI=1S/C14H17NO2/c1-2-5-13(16)14(9-15)8-11-6-3-4-7-12(11)17-10-14/h3-4,6-7,13,16H,2,5,8,10H2,1H3. The lowest BCUT2D eigenvalue weighted by atomic mass is 9.75. The van der Waals surface area contributed by atoms with E-state index in [1.54, 1.807) is 0 Å². The van der Waals surface area contributed by atoms with Crippen LogP contribution in [-0.4, -0.2) is 17.8 Å². The molecular formula is C14H17NO2. The van der Waals surface area contributed by atoms with Crippen LogP contribution in [0.15, 0.2) is 24.3 Å². The number of aliphatic hydroxyl groups excluding tert-OH is 1. The van der Waals surface area contributed by atoms with Crippen LogP contribution in [0.4, 0.5) is 0 Å². The smallest absolute Gasteiger partial charge is 0.122 e. The molecule has 0 spiro atoms. The molecule has 17 heavy (non-hydrogen) atoms. The van der Waals surface area contributed by atoms with Crippen molar-refractivity contribution in [1.82, 2.24) is 0 Å². The summed E-state index contributed by atoms with van der Waals surface area (Å²) in [4.78, 5) is 0. The number of fused-ring (bicyclic) bond motifs is 1. The van der Waals surface area contributed by atoms with Gasteiger partial charge in [-0.15, -0.1) is 0 Å². The molecular weight excluding hydrogens is 214 g/mol. The highest BCUT2D eigenvalue weighted by molar-refractivity contribution is 5.37. The number of hydrogen-bond donors (Lipinski definition) is 1. The molecule has 0 aliphatic carbocycles. The van der Waals surface area contributed by atoms with Crippen LogP contribution in [0.1, 0.15) is 25.3 Å². The number of ether oxygens (including phenoxy) is 1. The quantitative estimate of drug-likeness (QED) is 0.868. The van der Waals surface area contributed by atoms with Gasteiger partial charge in [0.1, 0.15) is 17.8 Å². The van der Waals surface area contributed by atoms with Gasteiger partial charge in [0.2, 0.25) is 0 Å². The highest BCUT2D eigenvalue weighted by atomic mass is 16.5. The monoisotopic (exact) mass is 231 g/mol. The average Bonchev–Trinajstić information content (AvgIpc) is 2.38. The minimum atomic E-state index is -0.787. The third kappa shape index (κ3) is 2.13. The molecule has 0 radical (unpaired) electrons. The van der Waals surface area contributed by atoms with Gasteiger partial charge in [-0.1, -0.05) is 31.5 Å². The molecule has 0 amide bonds. The Morgan fingerprint density at radius 3 is 3.00 bits per heavy atom. The minimum Gasteiger partial charge on any atom is -0.492 e. The molecule has 0 fully saturated rings. The Hall–Kier alpha value is -1.53. The molecule has 2 atom stereocenters. The molecule has 90 valence electrons. The van der Waals surface area contributed by atoms with Crippen molar-refractivity contribution in [2.45, 2.75) is 32.3 Å². The lowest BCUT2D eigenvalue weighted by molar-refractivity contribution is 0.0129. The molecule has 1 N–H and O–H groups in total. The Morgan fingerprint density at radius 2 is 2.29 bits per heavy atom. The SMILES string of the molecule is CCCC(O)C1(C#N)COc2ccccc2C1. The number of nitriles is 1. The normalized spacial score (nSPS) is 24.3. The van der Waals surface area contributed by atoms with Crippen molar-refractivity contribution >= 4 is 0 Å². The van der Waals surface area contributed by atoms with Crippen molar-refractivity contribution in [3.8, 4) is 11.8 Å². The average molecular weight is 231 g/mol. The number of hydrogen-bond acceptors (Lipinski definition) is 3. The Labute approximate surface area is 102 Å². The maximum atomic E-state index is 10.1. The maximum Gasteiger partial charge on any atom is 0.122 e. The van der Waals surface area contributed by atoms with E-state index in [4.69, 9.17) is 4.74 Å². The number of rotatable bonds is 3. The van der Waals surface area contributed by atoms with Crippen molar-refractivity contribution in [3.05, 3.63) is 29.8 Å². The van der Waals surface area contributed by atoms with E-state index < -0.39 is 11.5 Å². The van der Waals surface area contributed by atoms with E-state index in [1.807, 2.05) is 31.2 Å². The van der Waals surface area contributed by atoms with Crippen molar-refractivity contribution in [2.75, 3.05) is 6.61 Å². The molecule has 0 saturated heterocycles. The zero-order chi connectivity index (χ0) is 12.3. The topological polar surface area (TPSA) is 53.2 Å². The first-order valence-electron chi connectivity index (χ1n) is 6.02. The van der Waals surface area contributed by atoms with Gasteiger partial charge in [0.25, 0.3) is 0 Å². The molecule has 1 aromatic carbocycles. The van der Waals surface area contributed by atoms with Crippen molar-refractivity contribution in [3.63, 3.8) is 0 Å². The van der Waals surface area contributed by atoms with Crippen molar-refractivity contribution in [2.24, 2.45) is 5.41 Å². The third-order valence-electron chi connectivity index (χ3n) is 3.39. The van der Waals surface area contributed by atoms with E-state index in [9.17, 15) is 10.4 Å². The van der Waals surface area contributed by atoms with Gasteiger partial charge in [-0.2, -0.15) is 5.26 Å². The van der Waals surface area contributed by atoms with Crippen LogP contribution in [0.2, 0.25) is 0 Å². The number of benzene rings is 1.